The molecule has 2 N–H and O–H groups in total. The van der Waals surface area contributed by atoms with Crippen molar-refractivity contribution >= 4 is 11.7 Å². The summed E-state index contributed by atoms with van der Waals surface area (Å²) in [5.41, 5.74) is 1.80. The van der Waals surface area contributed by atoms with Crippen molar-refractivity contribution in [2.24, 2.45) is 0 Å². The third-order valence-electron chi connectivity index (χ3n) is 7.31. The summed E-state index contributed by atoms with van der Waals surface area (Å²) in [7, 11) is 8.54. The van der Waals surface area contributed by atoms with E-state index in [4.69, 9.17) is 18.9 Å². The van der Waals surface area contributed by atoms with Gasteiger partial charge in [-0.25, -0.2) is 4.79 Å². The average molecular weight is 471 g/mol. The van der Waals surface area contributed by atoms with Crippen molar-refractivity contribution < 1.29 is 23.7 Å². The molecule has 184 valence electrons. The number of nitrogens with zero attached hydrogens (tertiary/aromatic N) is 2. The molecular formula is C25H34N4O5. The lowest BCUT2D eigenvalue weighted by molar-refractivity contribution is 0.156. The number of ether oxygens (including phenoxy) is 4. The fourth-order valence-electron chi connectivity index (χ4n) is 5.53. The molecule has 1 saturated carbocycles. The van der Waals surface area contributed by atoms with Gasteiger partial charge in [0.15, 0.2) is 11.5 Å². The molecule has 1 aromatic heterocycles. The number of carbonyl (C=O) groups excluding carboxylic acids is 1. The first-order chi connectivity index (χ1) is 16.4. The van der Waals surface area contributed by atoms with E-state index in [0.29, 0.717) is 23.5 Å². The molecule has 2 aromatic rings. The van der Waals surface area contributed by atoms with Crippen LogP contribution in [0, 0.1) is 0 Å². The molecule has 34 heavy (non-hydrogen) atoms. The summed E-state index contributed by atoms with van der Waals surface area (Å²) in [6, 6.07) is 9.80. The predicted molar refractivity (Wildman–Crippen MR) is 129 cm³/mol. The molecule has 1 aliphatic heterocycles. The smallest absolute Gasteiger partial charge is 0.319 e. The Balaban J connectivity index is 1.47. The highest BCUT2D eigenvalue weighted by Crippen LogP contribution is 2.49. The van der Waals surface area contributed by atoms with Crippen molar-refractivity contribution in [2.75, 3.05) is 47.3 Å². The van der Waals surface area contributed by atoms with Crippen LogP contribution in [0.25, 0.3) is 0 Å². The quantitative estimate of drug-likeness (QED) is 0.640. The highest BCUT2D eigenvalue weighted by Gasteiger charge is 2.50. The van der Waals surface area contributed by atoms with Crippen LogP contribution < -0.4 is 29.6 Å². The van der Waals surface area contributed by atoms with E-state index in [-0.39, 0.29) is 17.5 Å². The van der Waals surface area contributed by atoms with Gasteiger partial charge >= 0.3 is 6.03 Å². The van der Waals surface area contributed by atoms with Crippen molar-refractivity contribution in [3.8, 4) is 23.3 Å². The maximum Gasteiger partial charge on any atom is 0.319 e. The van der Waals surface area contributed by atoms with E-state index >= 15 is 0 Å². The number of fused-ring (bicyclic) bond motifs is 1. The maximum absolute atomic E-state index is 12.8. The Morgan fingerprint density at radius 1 is 1.03 bits per heavy atom. The van der Waals surface area contributed by atoms with Crippen LogP contribution in [-0.4, -0.2) is 70.0 Å². The van der Waals surface area contributed by atoms with Gasteiger partial charge in [0.25, 0.3) is 0 Å². The largest absolute Gasteiger partial charge is 0.493 e. The zero-order valence-electron chi connectivity index (χ0n) is 20.5. The lowest BCUT2D eigenvalue weighted by Crippen LogP contribution is -2.52. The molecule has 2 heterocycles. The topological polar surface area (TPSA) is 94.2 Å². The van der Waals surface area contributed by atoms with Gasteiger partial charge in [-0.3, -0.25) is 0 Å². The molecule has 4 rings (SSSR count). The van der Waals surface area contributed by atoms with Gasteiger partial charge < -0.3 is 34.5 Å². The number of hydrogen-bond donors (Lipinski definition) is 2. The average Bonchev–Trinajstić information content (AvgIpc) is 3.20. The first kappa shape index (κ1) is 23.9. The van der Waals surface area contributed by atoms with Crippen molar-refractivity contribution in [3.63, 3.8) is 0 Å². The number of likely N-dealkylation sites (N-methyl/N-ethyl adjacent to an activating group) is 1. The molecule has 0 bridgehead atoms. The van der Waals surface area contributed by atoms with E-state index in [2.05, 4.69) is 39.7 Å². The number of nitrogens with one attached hydrogen (secondary N) is 2. The number of pyridine rings is 1. The summed E-state index contributed by atoms with van der Waals surface area (Å²) in [5.74, 6) is 2.22. The van der Waals surface area contributed by atoms with E-state index < -0.39 is 0 Å². The van der Waals surface area contributed by atoms with Gasteiger partial charge in [0, 0.05) is 23.6 Å². The molecule has 9 nitrogen and oxygen atoms in total. The van der Waals surface area contributed by atoms with Crippen LogP contribution in [0.15, 0.2) is 30.3 Å². The van der Waals surface area contributed by atoms with Gasteiger partial charge in [0.1, 0.15) is 5.69 Å². The molecule has 1 aromatic carbocycles. The fourth-order valence-corrected chi connectivity index (χ4v) is 5.53. The maximum atomic E-state index is 12.8. The summed E-state index contributed by atoms with van der Waals surface area (Å²) in [5, 5.41) is 6.02. The van der Waals surface area contributed by atoms with Crippen LogP contribution in [0.4, 0.5) is 10.5 Å². The number of amides is 2. The Labute approximate surface area is 200 Å². The normalized spacial score (nSPS) is 24.1. The van der Waals surface area contributed by atoms with Crippen LogP contribution in [0.2, 0.25) is 0 Å². The Hall–Kier alpha value is -3.20. The molecule has 0 unspecified atom stereocenters. The minimum Gasteiger partial charge on any atom is -0.493 e. The second-order valence-electron chi connectivity index (χ2n) is 8.95. The molecular weight excluding hydrogens is 436 g/mol. The van der Waals surface area contributed by atoms with Crippen molar-refractivity contribution in [1.29, 1.82) is 0 Å². The van der Waals surface area contributed by atoms with Gasteiger partial charge in [-0.2, -0.15) is 4.98 Å². The van der Waals surface area contributed by atoms with Crippen LogP contribution >= 0.6 is 0 Å². The fraction of sp³-hybridized carbons (Fsp3) is 0.520. The van der Waals surface area contributed by atoms with E-state index in [9.17, 15) is 4.79 Å². The molecule has 2 amide bonds. The zero-order chi connectivity index (χ0) is 24.3. The molecule has 1 aliphatic carbocycles. The molecule has 3 atom stereocenters. The second-order valence-corrected chi connectivity index (χ2v) is 8.95. The summed E-state index contributed by atoms with van der Waals surface area (Å²) < 4.78 is 21.4. The van der Waals surface area contributed by atoms with Crippen LogP contribution in [0.3, 0.4) is 0 Å². The van der Waals surface area contributed by atoms with Gasteiger partial charge in [0.2, 0.25) is 11.8 Å². The summed E-state index contributed by atoms with van der Waals surface area (Å²) in [6.07, 6.45) is 3.83. The molecule has 1 saturated heterocycles. The van der Waals surface area contributed by atoms with E-state index in [1.165, 1.54) is 19.8 Å². The highest BCUT2D eigenvalue weighted by atomic mass is 16.5. The SMILES string of the molecule is COc1ccc(NC(=O)N[C@@H]2CC[C@@]3(c4ccc(OC)c(OC)c4)CCN(C)[C@H]3C2)c(OC)n1. The zero-order valence-corrected chi connectivity index (χ0v) is 20.5. The number of aromatic nitrogens is 1. The van der Waals surface area contributed by atoms with Crippen molar-refractivity contribution in [2.45, 2.75) is 43.2 Å². The third-order valence-corrected chi connectivity index (χ3v) is 7.31. The summed E-state index contributed by atoms with van der Waals surface area (Å²) in [6.45, 7) is 1.02. The first-order valence-electron chi connectivity index (χ1n) is 11.5. The minimum absolute atomic E-state index is 0.0338. The van der Waals surface area contributed by atoms with Crippen LogP contribution in [-0.2, 0) is 5.41 Å². The Bertz CT molecular complexity index is 1030. The number of hydrogen-bond acceptors (Lipinski definition) is 7. The standard InChI is InChI=1S/C25H34N4O5/c1-29-13-12-25(16-6-8-19(31-2)20(14-16)32-3)11-10-17(15-21(25)29)26-24(30)27-18-7-9-22(33-4)28-23(18)34-5/h6-9,14,17,21H,10-13,15H2,1-5H3,(H2,26,27,30)/t17-,21+,25+/m1/s1. The lowest BCUT2D eigenvalue weighted by Gasteiger charge is -2.45. The number of carbonyl (C=O) groups is 1. The highest BCUT2D eigenvalue weighted by molar-refractivity contribution is 5.90. The second kappa shape index (κ2) is 9.97. The van der Waals surface area contributed by atoms with E-state index in [1.807, 2.05) is 6.07 Å². The van der Waals surface area contributed by atoms with Crippen molar-refractivity contribution in [1.82, 2.24) is 15.2 Å². The van der Waals surface area contributed by atoms with Crippen LogP contribution in [0.5, 0.6) is 23.3 Å². The predicted octanol–water partition coefficient (Wildman–Crippen LogP) is 3.43. The Morgan fingerprint density at radius 3 is 2.53 bits per heavy atom. The monoisotopic (exact) mass is 470 g/mol. The molecule has 0 spiro atoms. The molecule has 0 radical (unpaired) electrons. The number of rotatable bonds is 7. The van der Waals surface area contributed by atoms with Crippen molar-refractivity contribution in [3.05, 3.63) is 35.9 Å². The molecule has 2 aliphatic rings. The third kappa shape index (κ3) is 4.44. The van der Waals surface area contributed by atoms with Gasteiger partial charge in [-0.15, -0.1) is 0 Å². The molecule has 9 heteroatoms. The minimum atomic E-state index is -0.269. The number of methoxy groups -OCH3 is 4. The summed E-state index contributed by atoms with van der Waals surface area (Å²) in [4.78, 5) is 19.4. The van der Waals surface area contributed by atoms with Crippen LogP contribution in [0.1, 0.15) is 31.2 Å². The summed E-state index contributed by atoms with van der Waals surface area (Å²) >= 11 is 0. The first-order valence-corrected chi connectivity index (χ1v) is 11.5. The van der Waals surface area contributed by atoms with Gasteiger partial charge in [-0.1, -0.05) is 6.07 Å². The van der Waals surface area contributed by atoms with E-state index in [0.717, 1.165) is 43.7 Å². The van der Waals surface area contributed by atoms with E-state index in [1.54, 1.807) is 26.4 Å². The Kier molecular flexibility index (Phi) is 7.02. The number of benzene rings is 1. The number of urea groups is 1. The Morgan fingerprint density at radius 2 is 1.82 bits per heavy atom. The molecule has 2 fully saturated rings. The number of likely N-dealkylation sites (tertiary alicyclic amines) is 1. The lowest BCUT2D eigenvalue weighted by atomic mass is 9.65. The number of anilines is 1. The van der Waals surface area contributed by atoms with Gasteiger partial charge in [0.05, 0.1) is 28.4 Å². The van der Waals surface area contributed by atoms with Gasteiger partial charge in [-0.05, 0) is 63.0 Å².